The molecule has 0 radical (unpaired) electrons. The molecule has 136 valence electrons. The third-order valence-electron chi connectivity index (χ3n) is 4.65. The molecule has 0 spiro atoms. The van der Waals surface area contributed by atoms with E-state index in [0.29, 0.717) is 17.8 Å². The summed E-state index contributed by atoms with van der Waals surface area (Å²) in [5.41, 5.74) is -0.806. The second-order valence-electron chi connectivity index (χ2n) is 6.45. The SMILES string of the molecule is CCCCN1C(=O)[C@@](O)(CC(=O)c2ccccc2O)c2cc(Br)ccc21. The number of aliphatic hydroxyl groups is 1. The van der Waals surface area contributed by atoms with Gasteiger partial charge in [0, 0.05) is 16.6 Å². The maximum absolute atomic E-state index is 13.0. The molecule has 1 atom stereocenters. The molecule has 0 unspecified atom stereocenters. The molecule has 2 aromatic carbocycles. The van der Waals surface area contributed by atoms with Gasteiger partial charge in [0.05, 0.1) is 17.7 Å². The van der Waals surface area contributed by atoms with Gasteiger partial charge < -0.3 is 15.1 Å². The van der Waals surface area contributed by atoms with Crippen LogP contribution in [0.25, 0.3) is 0 Å². The van der Waals surface area contributed by atoms with Crippen LogP contribution >= 0.6 is 15.9 Å². The van der Waals surface area contributed by atoms with Crippen LogP contribution in [0.15, 0.2) is 46.9 Å². The van der Waals surface area contributed by atoms with E-state index in [1.54, 1.807) is 29.2 Å². The van der Waals surface area contributed by atoms with E-state index >= 15 is 0 Å². The van der Waals surface area contributed by atoms with Gasteiger partial charge in [-0.2, -0.15) is 0 Å². The quantitative estimate of drug-likeness (QED) is 0.701. The lowest BCUT2D eigenvalue weighted by Crippen LogP contribution is -2.42. The lowest BCUT2D eigenvalue weighted by atomic mass is 9.88. The molecule has 3 rings (SSSR count). The molecular formula is C20H20BrNO4. The number of carbonyl (C=O) groups is 2. The number of halogens is 1. The molecule has 0 saturated heterocycles. The molecule has 26 heavy (non-hydrogen) atoms. The summed E-state index contributed by atoms with van der Waals surface area (Å²) in [4.78, 5) is 27.2. The molecule has 1 aliphatic heterocycles. The number of anilines is 1. The number of rotatable bonds is 6. The van der Waals surface area contributed by atoms with Crippen LogP contribution in [0.4, 0.5) is 5.69 Å². The standard InChI is InChI=1S/C20H20BrNO4/c1-2-3-10-22-16-9-8-13(21)11-15(16)20(26,19(22)25)12-18(24)14-6-4-5-7-17(14)23/h4-9,11,23,26H,2-3,10,12H2,1H3/t20-/m1/s1. The largest absolute Gasteiger partial charge is 0.507 e. The van der Waals surface area contributed by atoms with Crippen molar-refractivity contribution in [3.8, 4) is 5.75 Å². The predicted molar refractivity (Wildman–Crippen MR) is 102 cm³/mol. The number of amides is 1. The third kappa shape index (κ3) is 3.15. The molecule has 5 nitrogen and oxygen atoms in total. The number of aromatic hydroxyl groups is 1. The summed E-state index contributed by atoms with van der Waals surface area (Å²) in [7, 11) is 0. The molecule has 0 saturated carbocycles. The number of ketones is 1. The van der Waals surface area contributed by atoms with E-state index in [1.165, 1.54) is 12.1 Å². The molecule has 0 aliphatic carbocycles. The van der Waals surface area contributed by atoms with E-state index in [2.05, 4.69) is 15.9 Å². The fourth-order valence-electron chi connectivity index (χ4n) is 3.27. The second kappa shape index (κ2) is 7.21. The van der Waals surface area contributed by atoms with E-state index in [9.17, 15) is 19.8 Å². The summed E-state index contributed by atoms with van der Waals surface area (Å²) < 4.78 is 0.717. The Morgan fingerprint density at radius 3 is 2.65 bits per heavy atom. The summed E-state index contributed by atoms with van der Waals surface area (Å²) in [6, 6.07) is 11.4. The van der Waals surface area contributed by atoms with Crippen molar-refractivity contribution < 1.29 is 19.8 Å². The van der Waals surface area contributed by atoms with Gasteiger partial charge in [-0.15, -0.1) is 0 Å². The highest BCUT2D eigenvalue weighted by atomic mass is 79.9. The van der Waals surface area contributed by atoms with Gasteiger partial charge in [-0.05, 0) is 36.8 Å². The van der Waals surface area contributed by atoms with Crippen LogP contribution in [0.2, 0.25) is 0 Å². The molecule has 1 heterocycles. The summed E-state index contributed by atoms with van der Waals surface area (Å²) >= 11 is 3.37. The third-order valence-corrected chi connectivity index (χ3v) is 5.14. The van der Waals surface area contributed by atoms with Crippen LogP contribution in [-0.4, -0.2) is 28.4 Å². The Bertz CT molecular complexity index is 867. The summed E-state index contributed by atoms with van der Waals surface area (Å²) in [6.45, 7) is 2.51. The van der Waals surface area contributed by atoms with Gasteiger partial charge in [0.1, 0.15) is 5.75 Å². The molecule has 1 aliphatic rings. The number of hydrogen-bond acceptors (Lipinski definition) is 4. The van der Waals surface area contributed by atoms with Gasteiger partial charge in [0.15, 0.2) is 11.4 Å². The highest BCUT2D eigenvalue weighted by Gasteiger charge is 2.50. The zero-order chi connectivity index (χ0) is 18.9. The van der Waals surface area contributed by atoms with Gasteiger partial charge in [-0.1, -0.05) is 41.4 Å². The van der Waals surface area contributed by atoms with Gasteiger partial charge in [-0.3, -0.25) is 9.59 Å². The molecule has 1 amide bonds. The number of carbonyl (C=O) groups excluding carboxylic acids is 2. The number of phenols is 1. The molecular weight excluding hydrogens is 398 g/mol. The van der Waals surface area contributed by atoms with Gasteiger partial charge in [0.25, 0.3) is 5.91 Å². The minimum Gasteiger partial charge on any atom is -0.507 e. The molecule has 6 heteroatoms. The fourth-order valence-corrected chi connectivity index (χ4v) is 3.63. The number of nitrogens with zero attached hydrogens (tertiary/aromatic N) is 1. The van der Waals surface area contributed by atoms with Crippen molar-refractivity contribution in [1.82, 2.24) is 0 Å². The number of para-hydroxylation sites is 1. The first-order valence-corrected chi connectivity index (χ1v) is 9.33. The smallest absolute Gasteiger partial charge is 0.264 e. The van der Waals surface area contributed by atoms with Crippen LogP contribution in [-0.2, 0) is 10.4 Å². The number of benzene rings is 2. The summed E-state index contributed by atoms with van der Waals surface area (Å²) in [5, 5.41) is 21.1. The van der Waals surface area contributed by atoms with Crippen LogP contribution < -0.4 is 4.90 Å². The molecule has 0 bridgehead atoms. The van der Waals surface area contributed by atoms with Crippen molar-refractivity contribution in [3.63, 3.8) is 0 Å². The lowest BCUT2D eigenvalue weighted by Gasteiger charge is -2.23. The topological polar surface area (TPSA) is 77.8 Å². The minimum absolute atomic E-state index is 0.0947. The van der Waals surface area contributed by atoms with Crippen molar-refractivity contribution in [2.24, 2.45) is 0 Å². The number of hydrogen-bond donors (Lipinski definition) is 2. The van der Waals surface area contributed by atoms with Crippen LogP contribution in [0.5, 0.6) is 5.75 Å². The van der Waals surface area contributed by atoms with E-state index in [-0.39, 0.29) is 11.3 Å². The van der Waals surface area contributed by atoms with Crippen molar-refractivity contribution in [2.75, 3.05) is 11.4 Å². The Morgan fingerprint density at radius 1 is 1.23 bits per heavy atom. The number of unbranched alkanes of at least 4 members (excludes halogenated alkanes) is 1. The van der Waals surface area contributed by atoms with Crippen molar-refractivity contribution >= 4 is 33.3 Å². The van der Waals surface area contributed by atoms with Crippen LogP contribution in [0.3, 0.4) is 0 Å². The Kier molecular flexibility index (Phi) is 5.16. The van der Waals surface area contributed by atoms with Gasteiger partial charge in [-0.25, -0.2) is 0 Å². The molecule has 0 aromatic heterocycles. The summed E-state index contributed by atoms with van der Waals surface area (Å²) in [5.74, 6) is -1.14. The normalized spacial score (nSPS) is 18.9. The average molecular weight is 418 g/mol. The Balaban J connectivity index is 2.00. The van der Waals surface area contributed by atoms with Crippen molar-refractivity contribution in [2.45, 2.75) is 31.8 Å². The zero-order valence-corrected chi connectivity index (χ0v) is 16.0. The fraction of sp³-hybridized carbons (Fsp3) is 0.300. The van der Waals surface area contributed by atoms with E-state index < -0.39 is 23.7 Å². The maximum atomic E-state index is 13.0. The predicted octanol–water partition coefficient (Wildman–Crippen LogP) is 3.76. The Hall–Kier alpha value is -2.18. The van der Waals surface area contributed by atoms with E-state index in [0.717, 1.165) is 17.3 Å². The van der Waals surface area contributed by atoms with Crippen LogP contribution in [0, 0.1) is 0 Å². The monoisotopic (exact) mass is 417 g/mol. The van der Waals surface area contributed by atoms with Gasteiger partial charge >= 0.3 is 0 Å². The Labute approximate surface area is 160 Å². The van der Waals surface area contributed by atoms with E-state index in [1.807, 2.05) is 13.0 Å². The highest BCUT2D eigenvalue weighted by Crippen LogP contribution is 2.44. The zero-order valence-electron chi connectivity index (χ0n) is 14.4. The van der Waals surface area contributed by atoms with Crippen molar-refractivity contribution in [3.05, 3.63) is 58.1 Å². The maximum Gasteiger partial charge on any atom is 0.264 e. The number of phenolic OH excluding ortho intramolecular Hbond substituents is 1. The summed E-state index contributed by atoms with van der Waals surface area (Å²) in [6.07, 6.45) is 1.28. The van der Waals surface area contributed by atoms with Crippen LogP contribution in [0.1, 0.15) is 42.1 Å². The Morgan fingerprint density at radius 2 is 1.96 bits per heavy atom. The molecule has 0 fully saturated rings. The lowest BCUT2D eigenvalue weighted by molar-refractivity contribution is -0.135. The average Bonchev–Trinajstić information content (AvgIpc) is 2.81. The van der Waals surface area contributed by atoms with Gasteiger partial charge in [0.2, 0.25) is 0 Å². The number of fused-ring (bicyclic) bond motifs is 1. The minimum atomic E-state index is -1.94. The second-order valence-corrected chi connectivity index (χ2v) is 7.36. The molecule has 2 N–H and O–H groups in total. The first-order valence-electron chi connectivity index (χ1n) is 8.54. The van der Waals surface area contributed by atoms with Crippen molar-refractivity contribution in [1.29, 1.82) is 0 Å². The molecule has 2 aromatic rings. The first kappa shape index (κ1) is 18.6. The van der Waals surface area contributed by atoms with E-state index in [4.69, 9.17) is 0 Å². The highest BCUT2D eigenvalue weighted by molar-refractivity contribution is 9.10. The number of Topliss-reactive ketones (excluding diaryl/α,β-unsaturated/α-hetero) is 1. The first-order chi connectivity index (χ1) is 12.4.